The van der Waals surface area contributed by atoms with E-state index < -0.39 is 0 Å². The van der Waals surface area contributed by atoms with Crippen molar-refractivity contribution in [3.05, 3.63) is 0 Å². The summed E-state index contributed by atoms with van der Waals surface area (Å²) in [5, 5.41) is 2.89. The maximum atomic E-state index is 12.1. The van der Waals surface area contributed by atoms with Gasteiger partial charge in [0.2, 0.25) is 11.8 Å². The third-order valence-corrected chi connectivity index (χ3v) is 3.88. The highest BCUT2D eigenvalue weighted by Gasteiger charge is 2.26. The Labute approximate surface area is 120 Å². The van der Waals surface area contributed by atoms with Gasteiger partial charge in [0.25, 0.3) is 0 Å². The minimum Gasteiger partial charge on any atom is -0.352 e. The van der Waals surface area contributed by atoms with Crippen molar-refractivity contribution in [3.8, 4) is 0 Å². The normalized spacial score (nSPS) is 27.1. The first-order chi connectivity index (χ1) is 9.44. The lowest BCUT2D eigenvalue weighted by atomic mass is 9.97. The molecular weight excluding hydrogens is 256 g/mol. The minimum absolute atomic E-state index is 0.0164. The van der Waals surface area contributed by atoms with Crippen molar-refractivity contribution in [3.63, 3.8) is 0 Å². The average Bonchev–Trinajstić information content (AvgIpc) is 3.10. The number of carbonyl (C=O) groups excluding carboxylic acids is 2. The van der Waals surface area contributed by atoms with E-state index in [9.17, 15) is 9.59 Å². The Morgan fingerprint density at radius 3 is 2.65 bits per heavy atom. The largest absolute Gasteiger partial charge is 0.352 e. The van der Waals surface area contributed by atoms with Crippen molar-refractivity contribution in [1.82, 2.24) is 15.1 Å². The van der Waals surface area contributed by atoms with Gasteiger partial charge in [-0.2, -0.15) is 0 Å². The summed E-state index contributed by atoms with van der Waals surface area (Å²) in [4.78, 5) is 27.4. The Morgan fingerprint density at radius 1 is 1.35 bits per heavy atom. The number of likely N-dealkylation sites (N-methyl/N-ethyl adjacent to an activating group) is 1. The number of rotatable bonds is 5. The highest BCUT2D eigenvalue weighted by Crippen LogP contribution is 2.18. The molecule has 0 radical (unpaired) electrons. The molecule has 2 aliphatic rings. The van der Waals surface area contributed by atoms with Crippen LogP contribution in [0.3, 0.4) is 0 Å². The zero-order chi connectivity index (χ0) is 14.7. The van der Waals surface area contributed by atoms with Gasteiger partial charge in [-0.05, 0) is 25.2 Å². The molecule has 3 N–H and O–H groups in total. The van der Waals surface area contributed by atoms with E-state index in [2.05, 4.69) is 17.1 Å². The molecule has 1 saturated carbocycles. The van der Waals surface area contributed by atoms with E-state index in [0.717, 1.165) is 32.4 Å². The van der Waals surface area contributed by atoms with E-state index in [1.165, 1.54) is 4.90 Å². The number of nitrogens with two attached hydrogens (primary N) is 1. The van der Waals surface area contributed by atoms with Crippen molar-refractivity contribution >= 4 is 11.8 Å². The van der Waals surface area contributed by atoms with Crippen molar-refractivity contribution < 1.29 is 9.59 Å². The fraction of sp³-hybridized carbons (Fsp3) is 0.857. The standard InChI is InChI=1S/C14H26N4O2/c1-10-5-11(15)7-18(6-10)9-14(20)17(2)8-13(19)16-12-3-4-12/h10-12H,3-9,15H2,1-2H3,(H,16,19). The van der Waals surface area contributed by atoms with Crippen molar-refractivity contribution in [2.24, 2.45) is 11.7 Å². The molecule has 6 nitrogen and oxygen atoms in total. The van der Waals surface area contributed by atoms with Crippen LogP contribution in [0, 0.1) is 5.92 Å². The van der Waals surface area contributed by atoms with Gasteiger partial charge in [-0.1, -0.05) is 6.92 Å². The molecule has 0 bridgehead atoms. The highest BCUT2D eigenvalue weighted by molar-refractivity contribution is 5.85. The monoisotopic (exact) mass is 282 g/mol. The number of hydrogen-bond acceptors (Lipinski definition) is 4. The average molecular weight is 282 g/mol. The minimum atomic E-state index is -0.0629. The van der Waals surface area contributed by atoms with Crippen LogP contribution in [0.2, 0.25) is 0 Å². The smallest absolute Gasteiger partial charge is 0.239 e. The summed E-state index contributed by atoms with van der Waals surface area (Å²) in [6.07, 6.45) is 3.14. The van der Waals surface area contributed by atoms with Gasteiger partial charge in [0.15, 0.2) is 0 Å². The summed E-state index contributed by atoms with van der Waals surface area (Å²) >= 11 is 0. The van der Waals surface area contributed by atoms with Crippen molar-refractivity contribution in [1.29, 1.82) is 0 Å². The number of carbonyl (C=O) groups is 2. The van der Waals surface area contributed by atoms with Crippen LogP contribution < -0.4 is 11.1 Å². The molecule has 2 rings (SSSR count). The van der Waals surface area contributed by atoms with Gasteiger partial charge in [-0.25, -0.2) is 0 Å². The third kappa shape index (κ3) is 4.76. The topological polar surface area (TPSA) is 78.7 Å². The van der Waals surface area contributed by atoms with E-state index in [0.29, 0.717) is 18.5 Å². The van der Waals surface area contributed by atoms with Crippen molar-refractivity contribution in [2.45, 2.75) is 38.3 Å². The number of hydrogen-bond donors (Lipinski definition) is 2. The Kier molecular flexibility index (Phi) is 4.99. The maximum Gasteiger partial charge on any atom is 0.239 e. The molecule has 0 aromatic heterocycles. The molecule has 114 valence electrons. The first-order valence-electron chi connectivity index (χ1n) is 7.45. The van der Waals surface area contributed by atoms with Crippen LogP contribution in [0.1, 0.15) is 26.2 Å². The Balaban J connectivity index is 1.73. The van der Waals surface area contributed by atoms with E-state index in [-0.39, 0.29) is 24.4 Å². The Bertz CT molecular complexity index is 360. The molecule has 1 aliphatic heterocycles. The van der Waals surface area contributed by atoms with Gasteiger partial charge < -0.3 is 16.0 Å². The lowest BCUT2D eigenvalue weighted by Gasteiger charge is -2.35. The SMILES string of the molecule is CC1CC(N)CN(CC(=O)N(C)CC(=O)NC2CC2)C1. The molecule has 2 amide bonds. The van der Waals surface area contributed by atoms with E-state index in [1.807, 2.05) is 0 Å². The lowest BCUT2D eigenvalue weighted by molar-refractivity contribution is -0.136. The predicted molar refractivity (Wildman–Crippen MR) is 77.0 cm³/mol. The molecule has 1 heterocycles. The molecule has 1 saturated heterocycles. The molecule has 2 atom stereocenters. The summed E-state index contributed by atoms with van der Waals surface area (Å²) < 4.78 is 0. The molecule has 1 aliphatic carbocycles. The van der Waals surface area contributed by atoms with Crippen LogP contribution in [0.15, 0.2) is 0 Å². The van der Waals surface area contributed by atoms with Crippen LogP contribution in [0.4, 0.5) is 0 Å². The summed E-state index contributed by atoms with van der Waals surface area (Å²) in [7, 11) is 1.68. The molecular formula is C14H26N4O2. The Morgan fingerprint density at radius 2 is 2.05 bits per heavy atom. The van der Waals surface area contributed by atoms with E-state index in [4.69, 9.17) is 5.73 Å². The lowest BCUT2D eigenvalue weighted by Crippen LogP contribution is -2.50. The summed E-state index contributed by atoms with van der Waals surface area (Å²) in [5.41, 5.74) is 5.98. The zero-order valence-electron chi connectivity index (χ0n) is 12.5. The molecule has 2 unspecified atom stereocenters. The summed E-state index contributed by atoms with van der Waals surface area (Å²) in [5.74, 6) is 0.444. The summed E-state index contributed by atoms with van der Waals surface area (Å²) in [6, 6.07) is 0.488. The second-order valence-corrected chi connectivity index (χ2v) is 6.39. The first-order valence-corrected chi connectivity index (χ1v) is 7.45. The van der Waals surface area contributed by atoms with E-state index in [1.54, 1.807) is 7.05 Å². The van der Waals surface area contributed by atoms with Gasteiger partial charge in [-0.3, -0.25) is 14.5 Å². The summed E-state index contributed by atoms with van der Waals surface area (Å²) in [6.45, 7) is 4.32. The Hall–Kier alpha value is -1.14. The number of nitrogens with one attached hydrogen (secondary N) is 1. The van der Waals surface area contributed by atoms with Crippen LogP contribution in [0.5, 0.6) is 0 Å². The van der Waals surface area contributed by atoms with Gasteiger partial charge in [0.05, 0.1) is 13.1 Å². The predicted octanol–water partition coefficient (Wildman–Crippen LogP) is -0.607. The number of amides is 2. The second kappa shape index (κ2) is 6.54. The van der Waals surface area contributed by atoms with Crippen LogP contribution in [-0.2, 0) is 9.59 Å². The molecule has 0 aromatic rings. The maximum absolute atomic E-state index is 12.1. The quantitative estimate of drug-likeness (QED) is 0.705. The molecule has 20 heavy (non-hydrogen) atoms. The number of likely N-dealkylation sites (tertiary alicyclic amines) is 1. The fourth-order valence-electron chi connectivity index (χ4n) is 2.76. The highest BCUT2D eigenvalue weighted by atomic mass is 16.2. The molecule has 2 fully saturated rings. The van der Waals surface area contributed by atoms with Gasteiger partial charge >= 0.3 is 0 Å². The van der Waals surface area contributed by atoms with Gasteiger partial charge in [-0.15, -0.1) is 0 Å². The zero-order valence-corrected chi connectivity index (χ0v) is 12.5. The van der Waals surface area contributed by atoms with Crippen molar-refractivity contribution in [2.75, 3.05) is 33.2 Å². The van der Waals surface area contributed by atoms with E-state index >= 15 is 0 Å². The van der Waals surface area contributed by atoms with Crippen LogP contribution in [-0.4, -0.2) is 66.9 Å². The fourth-order valence-corrected chi connectivity index (χ4v) is 2.76. The molecule has 6 heteroatoms. The molecule has 0 spiro atoms. The molecule has 0 aromatic carbocycles. The second-order valence-electron chi connectivity index (χ2n) is 6.39. The van der Waals surface area contributed by atoms with Gasteiger partial charge in [0, 0.05) is 32.2 Å². The third-order valence-electron chi connectivity index (χ3n) is 3.88. The van der Waals surface area contributed by atoms with Crippen LogP contribution in [0.25, 0.3) is 0 Å². The number of nitrogens with zero attached hydrogens (tertiary/aromatic N) is 2. The first kappa shape index (κ1) is 15.3. The van der Waals surface area contributed by atoms with Crippen LogP contribution >= 0.6 is 0 Å². The number of piperidine rings is 1. The van der Waals surface area contributed by atoms with Gasteiger partial charge in [0.1, 0.15) is 0 Å².